The minimum atomic E-state index is -0.153. The molecule has 5 heteroatoms. The number of carbonyl (C=O) groups is 1. The summed E-state index contributed by atoms with van der Waals surface area (Å²) in [6.07, 6.45) is 2.27. The van der Waals surface area contributed by atoms with Gasteiger partial charge < -0.3 is 4.90 Å². The fourth-order valence-electron chi connectivity index (χ4n) is 2.20. The fraction of sp³-hybridized carbons (Fsp3) is 0.400. The molecule has 20 heavy (non-hydrogen) atoms. The average Bonchev–Trinajstić information content (AvgIpc) is 3.19. The van der Waals surface area contributed by atoms with Gasteiger partial charge in [-0.25, -0.2) is 4.98 Å². The number of hydrogen-bond donors (Lipinski definition) is 1. The van der Waals surface area contributed by atoms with E-state index in [9.17, 15) is 4.79 Å². The van der Waals surface area contributed by atoms with Gasteiger partial charge in [0, 0.05) is 18.2 Å². The van der Waals surface area contributed by atoms with E-state index in [0.29, 0.717) is 12.5 Å². The van der Waals surface area contributed by atoms with Crippen LogP contribution in [0.15, 0.2) is 24.3 Å². The summed E-state index contributed by atoms with van der Waals surface area (Å²) in [4.78, 5) is 18.5. The van der Waals surface area contributed by atoms with E-state index in [-0.39, 0.29) is 11.7 Å². The summed E-state index contributed by atoms with van der Waals surface area (Å²) in [5, 5.41) is 6.94. The van der Waals surface area contributed by atoms with Gasteiger partial charge in [0.15, 0.2) is 0 Å². The van der Waals surface area contributed by atoms with Gasteiger partial charge in [0.2, 0.25) is 5.82 Å². The Morgan fingerprint density at radius 3 is 2.65 bits per heavy atom. The third kappa shape index (κ3) is 2.43. The van der Waals surface area contributed by atoms with Gasteiger partial charge in [0.05, 0.1) is 0 Å². The average molecular weight is 270 g/mol. The van der Waals surface area contributed by atoms with Gasteiger partial charge in [-0.05, 0) is 38.8 Å². The molecule has 1 aliphatic rings. The summed E-state index contributed by atoms with van der Waals surface area (Å²) in [5.74, 6) is 1.42. The quantitative estimate of drug-likeness (QED) is 0.929. The molecule has 5 nitrogen and oxygen atoms in total. The SMILES string of the molecule is CCN(C(=O)c1n[nH]c(C2CC2)n1)c1ccc(C)cc1. The van der Waals surface area contributed by atoms with Crippen molar-refractivity contribution in [2.24, 2.45) is 0 Å². The highest BCUT2D eigenvalue weighted by Gasteiger charge is 2.29. The zero-order chi connectivity index (χ0) is 14.1. The van der Waals surface area contributed by atoms with E-state index in [2.05, 4.69) is 15.2 Å². The molecule has 1 N–H and O–H groups in total. The predicted molar refractivity (Wildman–Crippen MR) is 76.9 cm³/mol. The number of aromatic amines is 1. The first-order chi connectivity index (χ1) is 9.69. The molecule has 0 bridgehead atoms. The normalized spacial score (nSPS) is 14.3. The van der Waals surface area contributed by atoms with Crippen molar-refractivity contribution in [3.8, 4) is 0 Å². The number of hydrogen-bond acceptors (Lipinski definition) is 3. The van der Waals surface area contributed by atoms with Crippen LogP contribution in [0.2, 0.25) is 0 Å². The predicted octanol–water partition coefficient (Wildman–Crippen LogP) is 2.66. The monoisotopic (exact) mass is 270 g/mol. The van der Waals surface area contributed by atoms with E-state index in [1.807, 2.05) is 38.1 Å². The molecule has 0 unspecified atom stereocenters. The van der Waals surface area contributed by atoms with Crippen LogP contribution in [0, 0.1) is 6.92 Å². The Morgan fingerprint density at radius 1 is 1.35 bits per heavy atom. The van der Waals surface area contributed by atoms with Crippen LogP contribution in [0.3, 0.4) is 0 Å². The third-order valence-corrected chi connectivity index (χ3v) is 3.57. The summed E-state index contributed by atoms with van der Waals surface area (Å²) in [6.45, 7) is 4.57. The Labute approximate surface area is 118 Å². The first kappa shape index (κ1) is 12.8. The van der Waals surface area contributed by atoms with Crippen molar-refractivity contribution in [1.29, 1.82) is 0 Å². The number of aromatic nitrogens is 3. The van der Waals surface area contributed by atoms with Crippen LogP contribution < -0.4 is 4.90 Å². The van der Waals surface area contributed by atoms with Crippen molar-refractivity contribution in [3.63, 3.8) is 0 Å². The Bertz CT molecular complexity index is 613. The minimum Gasteiger partial charge on any atom is -0.306 e. The molecule has 1 heterocycles. The van der Waals surface area contributed by atoms with Crippen LogP contribution in [-0.4, -0.2) is 27.6 Å². The highest BCUT2D eigenvalue weighted by atomic mass is 16.2. The number of aryl methyl sites for hydroxylation is 1. The minimum absolute atomic E-state index is 0.153. The highest BCUT2D eigenvalue weighted by molar-refractivity contribution is 6.03. The zero-order valence-electron chi connectivity index (χ0n) is 11.8. The van der Waals surface area contributed by atoms with E-state index in [1.165, 1.54) is 5.56 Å². The van der Waals surface area contributed by atoms with Gasteiger partial charge >= 0.3 is 0 Å². The third-order valence-electron chi connectivity index (χ3n) is 3.57. The molecule has 1 saturated carbocycles. The van der Waals surface area contributed by atoms with Gasteiger partial charge in [-0.3, -0.25) is 9.89 Å². The number of amides is 1. The van der Waals surface area contributed by atoms with Crippen LogP contribution in [0.4, 0.5) is 5.69 Å². The summed E-state index contributed by atoms with van der Waals surface area (Å²) < 4.78 is 0. The maximum Gasteiger partial charge on any atom is 0.297 e. The standard InChI is InChI=1S/C15H18N4O/c1-3-19(12-8-4-10(2)5-9-12)15(20)14-16-13(17-18-14)11-6-7-11/h4-5,8-9,11H,3,6-7H2,1-2H3,(H,16,17,18). The molecule has 1 aliphatic carbocycles. The number of rotatable bonds is 4. The Kier molecular flexibility index (Phi) is 3.26. The fourth-order valence-corrected chi connectivity index (χ4v) is 2.20. The van der Waals surface area contributed by atoms with E-state index < -0.39 is 0 Å². The smallest absolute Gasteiger partial charge is 0.297 e. The van der Waals surface area contributed by atoms with Crippen LogP contribution in [0.5, 0.6) is 0 Å². The molecule has 1 amide bonds. The van der Waals surface area contributed by atoms with Crippen LogP contribution in [-0.2, 0) is 0 Å². The van der Waals surface area contributed by atoms with E-state index in [4.69, 9.17) is 0 Å². The van der Waals surface area contributed by atoms with E-state index in [1.54, 1.807) is 4.90 Å². The molecule has 0 radical (unpaired) electrons. The van der Waals surface area contributed by atoms with Crippen molar-refractivity contribution < 1.29 is 4.79 Å². The van der Waals surface area contributed by atoms with Crippen molar-refractivity contribution in [2.45, 2.75) is 32.6 Å². The number of anilines is 1. The lowest BCUT2D eigenvalue weighted by atomic mass is 10.2. The number of nitrogens with one attached hydrogen (secondary N) is 1. The summed E-state index contributed by atoms with van der Waals surface area (Å²) >= 11 is 0. The van der Waals surface area contributed by atoms with Crippen molar-refractivity contribution >= 4 is 11.6 Å². The topological polar surface area (TPSA) is 61.9 Å². The largest absolute Gasteiger partial charge is 0.306 e. The van der Waals surface area contributed by atoms with Crippen LogP contribution in [0.25, 0.3) is 0 Å². The molecule has 0 atom stereocenters. The number of benzene rings is 1. The van der Waals surface area contributed by atoms with Crippen LogP contribution >= 0.6 is 0 Å². The Hall–Kier alpha value is -2.17. The molecule has 1 aromatic heterocycles. The Morgan fingerprint density at radius 2 is 2.05 bits per heavy atom. The second-order valence-electron chi connectivity index (χ2n) is 5.20. The van der Waals surface area contributed by atoms with Gasteiger partial charge in [0.1, 0.15) is 5.82 Å². The number of carbonyl (C=O) groups excluding carboxylic acids is 1. The van der Waals surface area contributed by atoms with Crippen molar-refractivity contribution in [2.75, 3.05) is 11.4 Å². The number of H-pyrrole nitrogens is 1. The van der Waals surface area contributed by atoms with Gasteiger partial charge in [-0.2, -0.15) is 0 Å². The summed E-state index contributed by atoms with van der Waals surface area (Å²) in [7, 11) is 0. The van der Waals surface area contributed by atoms with Gasteiger partial charge in [-0.15, -0.1) is 5.10 Å². The first-order valence-electron chi connectivity index (χ1n) is 7.00. The molecule has 0 spiro atoms. The highest BCUT2D eigenvalue weighted by Crippen LogP contribution is 2.37. The molecular weight excluding hydrogens is 252 g/mol. The maximum absolute atomic E-state index is 12.5. The molecule has 0 aliphatic heterocycles. The summed E-state index contributed by atoms with van der Waals surface area (Å²) in [5.41, 5.74) is 2.05. The maximum atomic E-state index is 12.5. The molecular formula is C15H18N4O. The second-order valence-corrected chi connectivity index (χ2v) is 5.20. The van der Waals surface area contributed by atoms with Crippen molar-refractivity contribution in [3.05, 3.63) is 41.5 Å². The molecule has 2 aromatic rings. The van der Waals surface area contributed by atoms with Gasteiger partial charge in [0.25, 0.3) is 5.91 Å². The molecule has 3 rings (SSSR count). The van der Waals surface area contributed by atoms with Gasteiger partial charge in [-0.1, -0.05) is 17.7 Å². The van der Waals surface area contributed by atoms with E-state index in [0.717, 1.165) is 24.4 Å². The number of nitrogens with zero attached hydrogens (tertiary/aromatic N) is 3. The Balaban J connectivity index is 1.83. The molecule has 104 valence electrons. The second kappa shape index (κ2) is 5.07. The lowest BCUT2D eigenvalue weighted by molar-refractivity contribution is 0.0978. The van der Waals surface area contributed by atoms with E-state index >= 15 is 0 Å². The van der Waals surface area contributed by atoms with Crippen LogP contribution in [0.1, 0.15) is 47.7 Å². The zero-order valence-corrected chi connectivity index (χ0v) is 11.8. The lowest BCUT2D eigenvalue weighted by Crippen LogP contribution is -2.31. The van der Waals surface area contributed by atoms with Crippen molar-refractivity contribution in [1.82, 2.24) is 15.2 Å². The summed E-state index contributed by atoms with van der Waals surface area (Å²) in [6, 6.07) is 7.90. The molecule has 0 saturated heterocycles. The first-order valence-corrected chi connectivity index (χ1v) is 7.00. The molecule has 1 aromatic carbocycles. The molecule has 1 fully saturated rings. The lowest BCUT2D eigenvalue weighted by Gasteiger charge is -2.19.